The van der Waals surface area contributed by atoms with Gasteiger partial charge in [0.25, 0.3) is 0 Å². The van der Waals surface area contributed by atoms with E-state index < -0.39 is 4.92 Å². The molecule has 1 aromatic rings. The number of unbranched alkanes of at least 4 members (excludes halogenated alkanes) is 1. The topological polar surface area (TPSA) is 78.0 Å². The molecule has 76 valence electrons. The zero-order valence-corrected chi connectivity index (χ0v) is 7.84. The molecule has 14 heavy (non-hydrogen) atoms. The second-order valence-corrected chi connectivity index (χ2v) is 2.86. The van der Waals surface area contributed by atoms with Crippen molar-refractivity contribution < 1.29 is 9.72 Å². The number of hydrogen-bond donors (Lipinski definition) is 0. The van der Waals surface area contributed by atoms with Crippen LogP contribution in [0.25, 0.3) is 0 Å². The van der Waals surface area contributed by atoms with Crippen LogP contribution in [0.2, 0.25) is 0 Å². The monoisotopic (exact) mass is 197 g/mol. The van der Waals surface area contributed by atoms with Crippen LogP contribution < -0.4 is 0 Å². The molecule has 0 atom stereocenters. The van der Waals surface area contributed by atoms with Crippen molar-refractivity contribution in [1.82, 2.24) is 9.55 Å². The van der Waals surface area contributed by atoms with Crippen molar-refractivity contribution in [2.75, 3.05) is 0 Å². The Balaban J connectivity index is 2.99. The summed E-state index contributed by atoms with van der Waals surface area (Å²) >= 11 is 0. The van der Waals surface area contributed by atoms with Crippen LogP contribution in [0.15, 0.2) is 6.20 Å². The largest absolute Gasteiger partial charge is 0.435 e. The zero-order valence-electron chi connectivity index (χ0n) is 7.84. The molecule has 1 rings (SSSR count). The number of nitrogens with zero attached hydrogens (tertiary/aromatic N) is 3. The predicted molar refractivity (Wildman–Crippen MR) is 49.2 cm³/mol. The Hall–Kier alpha value is -1.72. The third-order valence-electron chi connectivity index (χ3n) is 1.88. The maximum atomic E-state index is 10.5. The lowest BCUT2D eigenvalue weighted by Gasteiger charge is -2.00. The first kappa shape index (κ1) is 10.4. The summed E-state index contributed by atoms with van der Waals surface area (Å²) < 4.78 is 1.33. The van der Waals surface area contributed by atoms with Gasteiger partial charge in [-0.15, -0.1) is 0 Å². The molecule has 0 spiro atoms. The van der Waals surface area contributed by atoms with Crippen LogP contribution in [-0.4, -0.2) is 20.8 Å². The lowest BCUT2D eigenvalue weighted by molar-refractivity contribution is -0.396. The Morgan fingerprint density at radius 2 is 2.43 bits per heavy atom. The second-order valence-electron chi connectivity index (χ2n) is 2.86. The SMILES string of the molecule is CCCCn1c(C=O)cnc1[N+](=O)[O-]. The van der Waals surface area contributed by atoms with Crippen molar-refractivity contribution in [3.05, 3.63) is 22.0 Å². The van der Waals surface area contributed by atoms with Gasteiger partial charge in [0.1, 0.15) is 6.20 Å². The van der Waals surface area contributed by atoms with Crippen molar-refractivity contribution in [2.45, 2.75) is 26.3 Å². The molecule has 0 aliphatic rings. The molecular formula is C8H11N3O3. The second kappa shape index (κ2) is 4.50. The van der Waals surface area contributed by atoms with Gasteiger partial charge in [0.2, 0.25) is 0 Å². The summed E-state index contributed by atoms with van der Waals surface area (Å²) in [4.78, 5) is 24.1. The summed E-state index contributed by atoms with van der Waals surface area (Å²) in [6.07, 6.45) is 3.50. The molecule has 0 N–H and O–H groups in total. The van der Waals surface area contributed by atoms with Gasteiger partial charge in [-0.2, -0.15) is 0 Å². The molecular weight excluding hydrogens is 186 g/mol. The summed E-state index contributed by atoms with van der Waals surface area (Å²) in [7, 11) is 0. The Morgan fingerprint density at radius 1 is 1.71 bits per heavy atom. The van der Waals surface area contributed by atoms with E-state index in [0.717, 1.165) is 12.8 Å². The molecule has 0 amide bonds. The summed E-state index contributed by atoms with van der Waals surface area (Å²) in [5.41, 5.74) is 0.255. The minimum Gasteiger partial charge on any atom is -0.390 e. The molecule has 0 aliphatic heterocycles. The number of rotatable bonds is 5. The molecule has 0 radical (unpaired) electrons. The van der Waals surface area contributed by atoms with E-state index in [1.165, 1.54) is 10.8 Å². The summed E-state index contributed by atoms with van der Waals surface area (Å²) in [6.45, 7) is 2.43. The van der Waals surface area contributed by atoms with E-state index in [2.05, 4.69) is 4.98 Å². The van der Waals surface area contributed by atoms with Gasteiger partial charge in [-0.1, -0.05) is 18.3 Å². The fourth-order valence-corrected chi connectivity index (χ4v) is 1.16. The predicted octanol–water partition coefficient (Wildman–Crippen LogP) is 1.40. The van der Waals surface area contributed by atoms with Crippen molar-refractivity contribution in [1.29, 1.82) is 0 Å². The average molecular weight is 197 g/mol. The third-order valence-corrected chi connectivity index (χ3v) is 1.88. The molecule has 6 nitrogen and oxygen atoms in total. The number of hydrogen-bond acceptors (Lipinski definition) is 4. The van der Waals surface area contributed by atoms with Gasteiger partial charge in [-0.25, -0.2) is 4.57 Å². The van der Waals surface area contributed by atoms with E-state index in [-0.39, 0.29) is 11.6 Å². The number of carbonyl (C=O) groups excluding carboxylic acids is 1. The van der Waals surface area contributed by atoms with E-state index in [0.29, 0.717) is 12.8 Å². The van der Waals surface area contributed by atoms with Gasteiger partial charge in [0, 0.05) is 0 Å². The van der Waals surface area contributed by atoms with Crippen LogP contribution in [0.4, 0.5) is 5.95 Å². The number of imidazole rings is 1. The van der Waals surface area contributed by atoms with E-state index in [9.17, 15) is 14.9 Å². The number of carbonyl (C=O) groups is 1. The van der Waals surface area contributed by atoms with Crippen LogP contribution in [0.3, 0.4) is 0 Å². The Morgan fingerprint density at radius 3 is 2.93 bits per heavy atom. The Bertz CT molecular complexity index is 346. The summed E-state index contributed by atoms with van der Waals surface area (Å²) in [5.74, 6) is -0.263. The van der Waals surface area contributed by atoms with Gasteiger partial charge in [-0.05, 0) is 11.3 Å². The standard InChI is InChI=1S/C8H11N3O3/c1-2-3-4-10-7(6-12)5-9-8(10)11(13)14/h5-6H,2-4H2,1H3. The highest BCUT2D eigenvalue weighted by Gasteiger charge is 2.19. The van der Waals surface area contributed by atoms with Crippen LogP contribution in [0, 0.1) is 10.1 Å². The molecule has 0 fully saturated rings. The van der Waals surface area contributed by atoms with Crippen molar-refractivity contribution in [2.24, 2.45) is 0 Å². The first-order chi connectivity index (χ1) is 6.70. The lowest BCUT2D eigenvalue weighted by atomic mass is 10.3. The van der Waals surface area contributed by atoms with Crippen LogP contribution >= 0.6 is 0 Å². The van der Waals surface area contributed by atoms with E-state index in [4.69, 9.17) is 0 Å². The van der Waals surface area contributed by atoms with E-state index in [1.54, 1.807) is 0 Å². The Kier molecular flexibility index (Phi) is 3.33. The minimum absolute atomic E-state index is 0.255. The highest BCUT2D eigenvalue weighted by Crippen LogP contribution is 2.12. The normalized spacial score (nSPS) is 10.1. The number of aromatic nitrogens is 2. The van der Waals surface area contributed by atoms with Crippen LogP contribution in [0.1, 0.15) is 30.3 Å². The van der Waals surface area contributed by atoms with Crippen LogP contribution in [-0.2, 0) is 6.54 Å². The summed E-state index contributed by atoms with van der Waals surface area (Å²) in [6, 6.07) is 0. The van der Waals surface area contributed by atoms with Gasteiger partial charge < -0.3 is 10.1 Å². The lowest BCUT2D eigenvalue weighted by Crippen LogP contribution is -2.06. The highest BCUT2D eigenvalue weighted by atomic mass is 16.6. The molecule has 6 heteroatoms. The first-order valence-electron chi connectivity index (χ1n) is 4.35. The molecule has 0 aromatic carbocycles. The Labute approximate surface area is 80.7 Å². The molecule has 0 saturated carbocycles. The minimum atomic E-state index is -0.581. The fraction of sp³-hybridized carbons (Fsp3) is 0.500. The fourth-order valence-electron chi connectivity index (χ4n) is 1.16. The third kappa shape index (κ3) is 1.95. The molecule has 0 bridgehead atoms. The van der Waals surface area contributed by atoms with Crippen molar-refractivity contribution >= 4 is 12.2 Å². The molecule has 1 aromatic heterocycles. The van der Waals surface area contributed by atoms with Gasteiger partial charge >= 0.3 is 5.95 Å². The van der Waals surface area contributed by atoms with E-state index in [1.807, 2.05) is 6.92 Å². The van der Waals surface area contributed by atoms with Crippen LogP contribution in [0.5, 0.6) is 0 Å². The van der Waals surface area contributed by atoms with Gasteiger partial charge in [-0.3, -0.25) is 4.79 Å². The molecule has 0 aliphatic carbocycles. The summed E-state index contributed by atoms with van der Waals surface area (Å²) in [5, 5.41) is 10.5. The number of aldehydes is 1. The smallest absolute Gasteiger partial charge is 0.390 e. The quantitative estimate of drug-likeness (QED) is 0.406. The van der Waals surface area contributed by atoms with E-state index >= 15 is 0 Å². The van der Waals surface area contributed by atoms with Crippen molar-refractivity contribution in [3.63, 3.8) is 0 Å². The maximum Gasteiger partial charge on any atom is 0.435 e. The number of nitro groups is 1. The van der Waals surface area contributed by atoms with Gasteiger partial charge in [0.15, 0.2) is 12.0 Å². The molecule has 0 saturated heterocycles. The molecule has 1 heterocycles. The highest BCUT2D eigenvalue weighted by molar-refractivity contribution is 5.72. The molecule has 0 unspecified atom stereocenters. The average Bonchev–Trinajstić information content (AvgIpc) is 2.57. The zero-order chi connectivity index (χ0) is 10.6. The van der Waals surface area contributed by atoms with Gasteiger partial charge in [0.05, 0.1) is 6.54 Å². The van der Waals surface area contributed by atoms with Crippen molar-refractivity contribution in [3.8, 4) is 0 Å². The first-order valence-corrected chi connectivity index (χ1v) is 4.35. The maximum absolute atomic E-state index is 10.5.